The highest BCUT2D eigenvalue weighted by Crippen LogP contribution is 2.30. The molecule has 0 aliphatic carbocycles. The fourth-order valence-electron chi connectivity index (χ4n) is 3.44. The summed E-state index contributed by atoms with van der Waals surface area (Å²) >= 11 is 7.85. The van der Waals surface area contributed by atoms with E-state index in [0.29, 0.717) is 23.5 Å². The van der Waals surface area contributed by atoms with Crippen LogP contribution in [0.2, 0.25) is 5.02 Å². The number of carbonyl (C=O) groups excluding carboxylic acids is 2. The van der Waals surface area contributed by atoms with Crippen molar-refractivity contribution in [3.8, 4) is 5.75 Å². The molecule has 0 saturated carbocycles. The van der Waals surface area contributed by atoms with Crippen LogP contribution in [0, 0.1) is 0 Å². The SMILES string of the molecule is COc1ccc(CNC(=O)c2ccc3c(c2)NC(=O)C(CSCc2ccccc2Cl)N3)cc1. The molecule has 1 heterocycles. The van der Waals surface area contributed by atoms with Gasteiger partial charge in [0.15, 0.2) is 0 Å². The molecule has 1 aliphatic heterocycles. The number of carbonyl (C=O) groups is 2. The molecule has 1 atom stereocenters. The van der Waals surface area contributed by atoms with Gasteiger partial charge >= 0.3 is 0 Å². The van der Waals surface area contributed by atoms with Gasteiger partial charge in [-0.2, -0.15) is 11.8 Å². The molecule has 0 spiro atoms. The van der Waals surface area contributed by atoms with Crippen LogP contribution < -0.4 is 20.7 Å². The molecule has 6 nitrogen and oxygen atoms in total. The van der Waals surface area contributed by atoms with E-state index in [1.54, 1.807) is 31.0 Å². The van der Waals surface area contributed by atoms with Crippen LogP contribution in [0.5, 0.6) is 5.75 Å². The maximum absolute atomic E-state index is 12.6. The first kappa shape index (κ1) is 23.0. The van der Waals surface area contributed by atoms with Crippen LogP contribution in [-0.2, 0) is 17.1 Å². The molecule has 0 radical (unpaired) electrons. The summed E-state index contributed by atoms with van der Waals surface area (Å²) in [7, 11) is 1.61. The quantitative estimate of drug-likeness (QED) is 0.424. The summed E-state index contributed by atoms with van der Waals surface area (Å²) in [5.41, 5.74) is 3.89. The summed E-state index contributed by atoms with van der Waals surface area (Å²) in [4.78, 5) is 25.2. The van der Waals surface area contributed by atoms with Gasteiger partial charge in [-0.15, -0.1) is 0 Å². The Bertz CT molecular complexity index is 1150. The zero-order valence-corrected chi connectivity index (χ0v) is 19.6. The molecule has 0 saturated heterocycles. The minimum Gasteiger partial charge on any atom is -0.497 e. The van der Waals surface area contributed by atoms with Crippen LogP contribution in [0.1, 0.15) is 21.5 Å². The number of amides is 2. The fraction of sp³-hybridized carbons (Fsp3) is 0.200. The second-order valence-electron chi connectivity index (χ2n) is 7.58. The molecule has 3 aromatic rings. The van der Waals surface area contributed by atoms with Crippen LogP contribution in [0.4, 0.5) is 11.4 Å². The maximum atomic E-state index is 12.6. The van der Waals surface area contributed by atoms with Crippen molar-refractivity contribution >= 4 is 46.6 Å². The molecule has 33 heavy (non-hydrogen) atoms. The lowest BCUT2D eigenvalue weighted by molar-refractivity contribution is -0.116. The predicted octanol–water partition coefficient (Wildman–Crippen LogP) is 4.94. The molecular formula is C25H24ClN3O3S. The van der Waals surface area contributed by atoms with E-state index in [0.717, 1.165) is 33.3 Å². The summed E-state index contributed by atoms with van der Waals surface area (Å²) in [6.45, 7) is 0.398. The van der Waals surface area contributed by atoms with Crippen LogP contribution >= 0.6 is 23.4 Å². The fourth-order valence-corrected chi connectivity index (χ4v) is 4.78. The Morgan fingerprint density at radius 2 is 1.88 bits per heavy atom. The van der Waals surface area contributed by atoms with E-state index >= 15 is 0 Å². The Labute approximate surface area is 202 Å². The van der Waals surface area contributed by atoms with Crippen molar-refractivity contribution in [2.75, 3.05) is 23.5 Å². The van der Waals surface area contributed by atoms with Gasteiger partial charge in [0, 0.05) is 28.6 Å². The van der Waals surface area contributed by atoms with E-state index in [-0.39, 0.29) is 17.9 Å². The molecule has 1 aliphatic rings. The second kappa shape index (κ2) is 10.6. The molecule has 0 bridgehead atoms. The molecular weight excluding hydrogens is 458 g/mol. The van der Waals surface area contributed by atoms with E-state index in [9.17, 15) is 9.59 Å². The number of hydrogen-bond donors (Lipinski definition) is 3. The first-order chi connectivity index (χ1) is 16.0. The third-order valence-corrected chi connectivity index (χ3v) is 6.75. The lowest BCUT2D eigenvalue weighted by Gasteiger charge is -2.27. The molecule has 3 aromatic carbocycles. The summed E-state index contributed by atoms with van der Waals surface area (Å²) in [5.74, 6) is 1.76. The van der Waals surface area contributed by atoms with Gasteiger partial charge in [0.2, 0.25) is 5.91 Å². The van der Waals surface area contributed by atoms with Crippen LogP contribution in [0.3, 0.4) is 0 Å². The normalized spacial score (nSPS) is 14.6. The first-order valence-electron chi connectivity index (χ1n) is 10.5. The number of ether oxygens (including phenoxy) is 1. The van der Waals surface area contributed by atoms with Crippen molar-refractivity contribution in [2.45, 2.75) is 18.3 Å². The maximum Gasteiger partial charge on any atom is 0.251 e. The van der Waals surface area contributed by atoms with Gasteiger partial charge in [-0.05, 0) is 47.5 Å². The standard InChI is InChI=1S/C25H24ClN3O3S/c1-32-19-9-6-16(7-10-19)13-27-24(30)17-8-11-21-22(12-17)29-25(31)23(28-21)15-33-14-18-4-2-3-5-20(18)26/h2-12,23,28H,13-15H2,1H3,(H,27,30)(H,29,31). The summed E-state index contributed by atoms with van der Waals surface area (Å²) in [6.07, 6.45) is 0. The number of thioether (sulfide) groups is 1. The van der Waals surface area contributed by atoms with Crippen molar-refractivity contribution < 1.29 is 14.3 Å². The molecule has 1 unspecified atom stereocenters. The molecule has 3 N–H and O–H groups in total. The van der Waals surface area contributed by atoms with E-state index < -0.39 is 0 Å². The highest BCUT2D eigenvalue weighted by atomic mass is 35.5. The average molecular weight is 482 g/mol. The van der Waals surface area contributed by atoms with Gasteiger partial charge in [0.05, 0.1) is 18.5 Å². The van der Waals surface area contributed by atoms with E-state index in [4.69, 9.17) is 16.3 Å². The third-order valence-electron chi connectivity index (χ3n) is 5.30. The Morgan fingerprint density at radius 3 is 2.64 bits per heavy atom. The third kappa shape index (κ3) is 5.80. The van der Waals surface area contributed by atoms with E-state index in [1.807, 2.05) is 54.6 Å². The smallest absolute Gasteiger partial charge is 0.251 e. The Balaban J connectivity index is 1.33. The van der Waals surface area contributed by atoms with Crippen molar-refractivity contribution in [3.05, 3.63) is 88.4 Å². The number of hydrogen-bond acceptors (Lipinski definition) is 5. The van der Waals surface area contributed by atoms with Crippen LogP contribution in [-0.4, -0.2) is 30.7 Å². The first-order valence-corrected chi connectivity index (χ1v) is 12.0. The number of methoxy groups -OCH3 is 1. The largest absolute Gasteiger partial charge is 0.497 e. The number of anilines is 2. The predicted molar refractivity (Wildman–Crippen MR) is 134 cm³/mol. The lowest BCUT2D eigenvalue weighted by Crippen LogP contribution is -2.40. The number of rotatable bonds is 8. The summed E-state index contributed by atoms with van der Waals surface area (Å²) in [6, 6.07) is 20.1. The monoisotopic (exact) mass is 481 g/mol. The molecule has 8 heteroatoms. The van der Waals surface area contributed by atoms with Crippen molar-refractivity contribution in [1.29, 1.82) is 0 Å². The van der Waals surface area contributed by atoms with Crippen molar-refractivity contribution in [1.82, 2.24) is 5.32 Å². The number of fused-ring (bicyclic) bond motifs is 1. The number of nitrogens with one attached hydrogen (secondary N) is 3. The summed E-state index contributed by atoms with van der Waals surface area (Å²) in [5, 5.41) is 9.82. The molecule has 0 aromatic heterocycles. The zero-order chi connectivity index (χ0) is 23.2. The van der Waals surface area contributed by atoms with Gasteiger partial charge in [0.1, 0.15) is 11.8 Å². The van der Waals surface area contributed by atoms with Gasteiger partial charge in [-0.25, -0.2) is 0 Å². The zero-order valence-electron chi connectivity index (χ0n) is 18.1. The molecule has 2 amide bonds. The highest BCUT2D eigenvalue weighted by molar-refractivity contribution is 7.98. The van der Waals surface area contributed by atoms with Crippen LogP contribution in [0.15, 0.2) is 66.7 Å². The van der Waals surface area contributed by atoms with Crippen molar-refractivity contribution in [3.63, 3.8) is 0 Å². The van der Waals surface area contributed by atoms with E-state index in [1.165, 1.54) is 0 Å². The Hall–Kier alpha value is -3.16. The van der Waals surface area contributed by atoms with Gasteiger partial charge in [-0.3, -0.25) is 9.59 Å². The van der Waals surface area contributed by atoms with E-state index in [2.05, 4.69) is 16.0 Å². The number of benzene rings is 3. The topological polar surface area (TPSA) is 79.5 Å². The Morgan fingerprint density at radius 1 is 1.09 bits per heavy atom. The lowest BCUT2D eigenvalue weighted by atomic mass is 10.1. The van der Waals surface area contributed by atoms with Crippen molar-refractivity contribution in [2.24, 2.45) is 0 Å². The number of halogens is 1. The highest BCUT2D eigenvalue weighted by Gasteiger charge is 2.26. The minimum absolute atomic E-state index is 0.120. The molecule has 170 valence electrons. The average Bonchev–Trinajstić information content (AvgIpc) is 2.84. The van der Waals surface area contributed by atoms with Gasteiger partial charge in [-0.1, -0.05) is 41.9 Å². The minimum atomic E-state index is -0.361. The Kier molecular flexibility index (Phi) is 7.42. The van der Waals surface area contributed by atoms with Gasteiger partial charge in [0.25, 0.3) is 5.91 Å². The second-order valence-corrected chi connectivity index (χ2v) is 9.02. The van der Waals surface area contributed by atoms with Crippen LogP contribution in [0.25, 0.3) is 0 Å². The molecule has 4 rings (SSSR count). The van der Waals surface area contributed by atoms with Gasteiger partial charge < -0.3 is 20.7 Å². The molecule has 0 fully saturated rings. The summed E-state index contributed by atoms with van der Waals surface area (Å²) < 4.78 is 5.15.